The van der Waals surface area contributed by atoms with Crippen LogP contribution in [0.1, 0.15) is 39.0 Å². The van der Waals surface area contributed by atoms with E-state index in [2.05, 4.69) is 36.2 Å². The van der Waals surface area contributed by atoms with Gasteiger partial charge in [-0.1, -0.05) is 25.1 Å². The molecule has 0 saturated heterocycles. The third-order valence-electron chi connectivity index (χ3n) is 4.13. The van der Waals surface area contributed by atoms with Crippen molar-refractivity contribution >= 4 is 16.9 Å². The van der Waals surface area contributed by atoms with Crippen molar-refractivity contribution in [2.24, 2.45) is 4.99 Å². The second kappa shape index (κ2) is 5.61. The smallest absolute Gasteiger partial charge is 0.156 e. The number of thioether (sulfide) groups is 1. The van der Waals surface area contributed by atoms with Crippen LogP contribution in [0.4, 0.5) is 0 Å². The Kier molecular flexibility index (Phi) is 4.36. The van der Waals surface area contributed by atoms with Crippen LogP contribution in [0.2, 0.25) is 0 Å². The predicted molar refractivity (Wildman–Crippen MR) is 76.9 cm³/mol. The van der Waals surface area contributed by atoms with Crippen LogP contribution >= 0.6 is 11.8 Å². The highest BCUT2D eigenvalue weighted by molar-refractivity contribution is 8.14. The van der Waals surface area contributed by atoms with E-state index in [1.54, 1.807) is 0 Å². The molecule has 0 aromatic rings. The summed E-state index contributed by atoms with van der Waals surface area (Å²) in [5, 5.41) is 5.46. The highest BCUT2D eigenvalue weighted by Crippen LogP contribution is 2.35. The van der Waals surface area contributed by atoms with Crippen LogP contribution < -0.4 is 5.32 Å². The predicted octanol–water partition coefficient (Wildman–Crippen LogP) is 2.33. The van der Waals surface area contributed by atoms with E-state index in [1.807, 2.05) is 11.8 Å². The van der Waals surface area contributed by atoms with Gasteiger partial charge < -0.3 is 10.2 Å². The largest absolute Gasteiger partial charge is 0.363 e. The summed E-state index contributed by atoms with van der Waals surface area (Å²) in [4.78, 5) is 6.99. The van der Waals surface area contributed by atoms with Crippen molar-refractivity contribution in [3.8, 4) is 0 Å². The molecule has 0 bridgehead atoms. The summed E-state index contributed by atoms with van der Waals surface area (Å²) >= 11 is 1.94. The summed E-state index contributed by atoms with van der Waals surface area (Å²) in [6, 6.07) is 0. The molecule has 98 valence electrons. The molecule has 0 aromatic carbocycles. The van der Waals surface area contributed by atoms with E-state index in [-0.39, 0.29) is 0 Å². The van der Waals surface area contributed by atoms with Crippen LogP contribution in [0.3, 0.4) is 0 Å². The van der Waals surface area contributed by atoms with Gasteiger partial charge in [-0.05, 0) is 39.8 Å². The van der Waals surface area contributed by atoms with Gasteiger partial charge in [0, 0.05) is 17.3 Å². The minimum absolute atomic E-state index is 0.395. The Morgan fingerprint density at radius 1 is 1.47 bits per heavy atom. The van der Waals surface area contributed by atoms with Gasteiger partial charge in [0.15, 0.2) is 5.17 Å². The lowest BCUT2D eigenvalue weighted by Crippen LogP contribution is -2.56. The van der Waals surface area contributed by atoms with E-state index in [0.29, 0.717) is 5.54 Å². The fourth-order valence-electron chi connectivity index (χ4n) is 2.59. The molecule has 1 N–H and O–H groups in total. The highest BCUT2D eigenvalue weighted by Gasteiger charge is 2.39. The zero-order valence-corrected chi connectivity index (χ0v) is 12.1. The number of nitrogens with zero attached hydrogens (tertiary/aromatic N) is 2. The van der Waals surface area contributed by atoms with Gasteiger partial charge in [-0.3, -0.25) is 4.99 Å². The van der Waals surface area contributed by atoms with Crippen molar-refractivity contribution in [3.05, 3.63) is 0 Å². The van der Waals surface area contributed by atoms with Crippen molar-refractivity contribution in [1.82, 2.24) is 10.2 Å². The molecule has 1 atom stereocenters. The number of amidine groups is 1. The number of aliphatic imine (C=N–C) groups is 1. The molecular weight excluding hydrogens is 230 g/mol. The van der Waals surface area contributed by atoms with Crippen LogP contribution in [0.15, 0.2) is 4.99 Å². The maximum absolute atomic E-state index is 4.61. The minimum Gasteiger partial charge on any atom is -0.363 e. The Labute approximate surface area is 109 Å². The fourth-order valence-corrected chi connectivity index (χ4v) is 3.72. The molecule has 3 nitrogen and oxygen atoms in total. The van der Waals surface area contributed by atoms with Gasteiger partial charge in [-0.15, -0.1) is 0 Å². The second-order valence-corrected chi connectivity index (χ2v) is 6.79. The molecule has 1 unspecified atom stereocenters. The summed E-state index contributed by atoms with van der Waals surface area (Å²) in [7, 11) is 4.40. The average molecular weight is 255 g/mol. The summed E-state index contributed by atoms with van der Waals surface area (Å²) < 4.78 is 0. The first-order valence-corrected chi connectivity index (χ1v) is 7.67. The maximum atomic E-state index is 4.61. The summed E-state index contributed by atoms with van der Waals surface area (Å²) in [5.74, 6) is 0. The molecule has 1 saturated carbocycles. The van der Waals surface area contributed by atoms with E-state index in [4.69, 9.17) is 0 Å². The molecule has 0 radical (unpaired) electrons. The molecule has 1 aliphatic carbocycles. The zero-order chi connectivity index (χ0) is 12.3. The quantitative estimate of drug-likeness (QED) is 0.817. The molecule has 1 aliphatic heterocycles. The Morgan fingerprint density at radius 2 is 2.24 bits per heavy atom. The SMILES string of the molecule is CCCC1CN=C(NCC2(N(C)C)CCC2)S1. The van der Waals surface area contributed by atoms with E-state index in [0.717, 1.165) is 18.3 Å². The number of hydrogen-bond donors (Lipinski definition) is 1. The van der Waals surface area contributed by atoms with Gasteiger partial charge in [0.2, 0.25) is 0 Å². The average Bonchev–Trinajstić information content (AvgIpc) is 2.64. The molecule has 0 spiro atoms. The van der Waals surface area contributed by atoms with Crippen LogP contribution in [0.25, 0.3) is 0 Å². The Morgan fingerprint density at radius 3 is 2.76 bits per heavy atom. The first-order valence-electron chi connectivity index (χ1n) is 6.79. The molecule has 0 aromatic heterocycles. The number of nitrogens with one attached hydrogen (secondary N) is 1. The monoisotopic (exact) mass is 255 g/mol. The lowest BCUT2D eigenvalue weighted by Gasteiger charge is -2.47. The molecule has 2 rings (SSSR count). The summed E-state index contributed by atoms with van der Waals surface area (Å²) in [5.41, 5.74) is 0.395. The fraction of sp³-hybridized carbons (Fsp3) is 0.923. The minimum atomic E-state index is 0.395. The van der Waals surface area contributed by atoms with E-state index < -0.39 is 0 Å². The normalized spacial score (nSPS) is 26.8. The third kappa shape index (κ3) is 2.97. The molecule has 0 amide bonds. The van der Waals surface area contributed by atoms with Crippen LogP contribution in [0.5, 0.6) is 0 Å². The summed E-state index contributed by atoms with van der Waals surface area (Å²) in [6.45, 7) is 4.32. The van der Waals surface area contributed by atoms with Crippen molar-refractivity contribution in [2.75, 3.05) is 27.2 Å². The lowest BCUT2D eigenvalue weighted by atomic mass is 9.76. The van der Waals surface area contributed by atoms with E-state index in [1.165, 1.54) is 37.3 Å². The lowest BCUT2D eigenvalue weighted by molar-refractivity contribution is 0.0651. The summed E-state index contributed by atoms with van der Waals surface area (Å²) in [6.07, 6.45) is 6.57. The van der Waals surface area contributed by atoms with Gasteiger partial charge >= 0.3 is 0 Å². The van der Waals surface area contributed by atoms with Gasteiger partial charge in [0.05, 0.1) is 6.54 Å². The first kappa shape index (κ1) is 13.2. The molecule has 17 heavy (non-hydrogen) atoms. The van der Waals surface area contributed by atoms with Crippen molar-refractivity contribution in [1.29, 1.82) is 0 Å². The number of likely N-dealkylation sites (N-methyl/N-ethyl adjacent to an activating group) is 1. The van der Waals surface area contributed by atoms with Crippen molar-refractivity contribution in [3.63, 3.8) is 0 Å². The Hall–Kier alpha value is -0.220. The van der Waals surface area contributed by atoms with Crippen molar-refractivity contribution in [2.45, 2.75) is 49.8 Å². The van der Waals surface area contributed by atoms with Gasteiger partial charge in [0.25, 0.3) is 0 Å². The molecular formula is C13H25N3S. The van der Waals surface area contributed by atoms with E-state index in [9.17, 15) is 0 Å². The van der Waals surface area contributed by atoms with Crippen molar-refractivity contribution < 1.29 is 0 Å². The van der Waals surface area contributed by atoms with Gasteiger partial charge in [0.1, 0.15) is 0 Å². The van der Waals surface area contributed by atoms with Crippen LogP contribution in [-0.2, 0) is 0 Å². The number of rotatable bonds is 5. The standard InChI is InChI=1S/C13H25N3S/c1-4-6-11-9-14-12(17-11)15-10-13(16(2)3)7-5-8-13/h11H,4-10H2,1-3H3,(H,14,15). The Balaban J connectivity index is 1.76. The first-order chi connectivity index (χ1) is 8.16. The molecule has 4 heteroatoms. The van der Waals surface area contributed by atoms with Gasteiger partial charge in [-0.2, -0.15) is 0 Å². The number of hydrogen-bond acceptors (Lipinski definition) is 4. The van der Waals surface area contributed by atoms with Crippen LogP contribution in [-0.4, -0.2) is 48.0 Å². The second-order valence-electron chi connectivity index (χ2n) is 5.50. The van der Waals surface area contributed by atoms with E-state index >= 15 is 0 Å². The topological polar surface area (TPSA) is 27.6 Å². The third-order valence-corrected chi connectivity index (χ3v) is 5.34. The van der Waals surface area contributed by atoms with Gasteiger partial charge in [-0.25, -0.2) is 0 Å². The molecule has 1 heterocycles. The molecule has 1 fully saturated rings. The maximum Gasteiger partial charge on any atom is 0.156 e. The Bertz CT molecular complexity index is 284. The zero-order valence-electron chi connectivity index (χ0n) is 11.3. The van der Waals surface area contributed by atoms with Crippen LogP contribution in [0, 0.1) is 0 Å². The molecule has 2 aliphatic rings. The highest BCUT2D eigenvalue weighted by atomic mass is 32.2.